The number of rotatable bonds is 5. The van der Waals surface area contributed by atoms with E-state index in [0.29, 0.717) is 12.2 Å². The molecule has 0 spiro atoms. The molecule has 0 saturated heterocycles. The monoisotopic (exact) mass is 355 g/mol. The molecule has 0 fully saturated rings. The lowest BCUT2D eigenvalue weighted by molar-refractivity contribution is -0.134. The molecule has 2 aromatic carbocycles. The van der Waals surface area contributed by atoms with Crippen molar-refractivity contribution in [2.75, 3.05) is 14.1 Å². The first kappa shape index (κ1) is 20.6. The Morgan fingerprint density at radius 3 is 1.38 bits per heavy atom. The van der Waals surface area contributed by atoms with Gasteiger partial charge in [-0.05, 0) is 11.1 Å². The summed E-state index contributed by atoms with van der Waals surface area (Å²) in [5, 5.41) is 15.6. The van der Waals surface area contributed by atoms with Crippen LogP contribution in [0.5, 0.6) is 0 Å². The SMILES string of the molecule is CN(C)C(=O)C(c1ccccc1)c1ccccc1.O=C(O)/C=C\C(=O)O. The molecule has 0 heterocycles. The Hall–Kier alpha value is -3.41. The fourth-order valence-corrected chi connectivity index (χ4v) is 2.17. The maximum absolute atomic E-state index is 12.4. The predicted octanol–water partition coefficient (Wildman–Crippen LogP) is 2.62. The van der Waals surface area contributed by atoms with Crippen LogP contribution in [0, 0.1) is 0 Å². The van der Waals surface area contributed by atoms with Gasteiger partial charge in [0, 0.05) is 26.2 Å². The van der Waals surface area contributed by atoms with E-state index >= 15 is 0 Å². The first-order chi connectivity index (χ1) is 12.3. The maximum atomic E-state index is 12.4. The quantitative estimate of drug-likeness (QED) is 0.804. The van der Waals surface area contributed by atoms with E-state index in [2.05, 4.69) is 0 Å². The molecule has 0 aliphatic rings. The first-order valence-corrected chi connectivity index (χ1v) is 7.78. The number of hydrogen-bond acceptors (Lipinski definition) is 3. The Bertz CT molecular complexity index is 699. The van der Waals surface area contributed by atoms with E-state index in [-0.39, 0.29) is 11.8 Å². The smallest absolute Gasteiger partial charge is 0.328 e. The lowest BCUT2D eigenvalue weighted by Gasteiger charge is -2.21. The Morgan fingerprint density at radius 2 is 1.12 bits per heavy atom. The third-order valence-electron chi connectivity index (χ3n) is 3.32. The second-order valence-corrected chi connectivity index (χ2v) is 5.50. The molecule has 2 rings (SSSR count). The largest absolute Gasteiger partial charge is 0.478 e. The molecule has 6 heteroatoms. The van der Waals surface area contributed by atoms with Crippen molar-refractivity contribution in [1.29, 1.82) is 0 Å². The van der Waals surface area contributed by atoms with Crippen molar-refractivity contribution < 1.29 is 24.6 Å². The maximum Gasteiger partial charge on any atom is 0.328 e. The molecule has 0 atom stereocenters. The summed E-state index contributed by atoms with van der Waals surface area (Å²) in [4.78, 5) is 33.1. The van der Waals surface area contributed by atoms with Gasteiger partial charge >= 0.3 is 11.9 Å². The predicted molar refractivity (Wildman–Crippen MR) is 97.8 cm³/mol. The van der Waals surface area contributed by atoms with E-state index in [1.54, 1.807) is 19.0 Å². The van der Waals surface area contributed by atoms with Crippen LogP contribution in [0.3, 0.4) is 0 Å². The summed E-state index contributed by atoms with van der Waals surface area (Å²) < 4.78 is 0. The molecule has 0 bridgehead atoms. The number of nitrogens with zero attached hydrogens (tertiary/aromatic N) is 1. The Kier molecular flexibility index (Phi) is 8.30. The van der Waals surface area contributed by atoms with E-state index in [4.69, 9.17) is 10.2 Å². The minimum atomic E-state index is -1.26. The number of benzene rings is 2. The topological polar surface area (TPSA) is 94.9 Å². The molecule has 136 valence electrons. The van der Waals surface area contributed by atoms with Gasteiger partial charge in [0.05, 0.1) is 5.92 Å². The number of hydrogen-bond donors (Lipinski definition) is 2. The van der Waals surface area contributed by atoms with Crippen molar-refractivity contribution in [3.05, 3.63) is 83.9 Å². The van der Waals surface area contributed by atoms with Crippen LogP contribution in [0.1, 0.15) is 17.0 Å². The third-order valence-corrected chi connectivity index (χ3v) is 3.32. The average Bonchev–Trinajstić information content (AvgIpc) is 2.62. The lowest BCUT2D eigenvalue weighted by atomic mass is 9.90. The number of carboxylic acid groups (broad SMARTS) is 2. The summed E-state index contributed by atoms with van der Waals surface area (Å²) in [5.74, 6) is -2.63. The summed E-state index contributed by atoms with van der Waals surface area (Å²) in [7, 11) is 3.59. The minimum Gasteiger partial charge on any atom is -0.478 e. The summed E-state index contributed by atoms with van der Waals surface area (Å²) in [6, 6.07) is 19.8. The first-order valence-electron chi connectivity index (χ1n) is 7.78. The number of carbonyl (C=O) groups is 3. The van der Waals surface area contributed by atoms with Crippen molar-refractivity contribution in [2.24, 2.45) is 0 Å². The van der Waals surface area contributed by atoms with Gasteiger partial charge in [-0.15, -0.1) is 0 Å². The summed E-state index contributed by atoms with van der Waals surface area (Å²) in [6.07, 6.45) is 1.12. The summed E-state index contributed by atoms with van der Waals surface area (Å²) in [6.45, 7) is 0. The summed E-state index contributed by atoms with van der Waals surface area (Å²) in [5.41, 5.74) is 2.06. The second-order valence-electron chi connectivity index (χ2n) is 5.50. The zero-order chi connectivity index (χ0) is 19.5. The number of aliphatic carboxylic acids is 2. The van der Waals surface area contributed by atoms with Gasteiger partial charge in [-0.25, -0.2) is 9.59 Å². The number of carbonyl (C=O) groups excluding carboxylic acids is 1. The Labute approximate surface area is 152 Å². The zero-order valence-corrected chi connectivity index (χ0v) is 14.6. The molecule has 1 amide bonds. The van der Waals surface area contributed by atoms with Crippen LogP contribution in [0.25, 0.3) is 0 Å². The Morgan fingerprint density at radius 1 is 0.769 bits per heavy atom. The van der Waals surface area contributed by atoms with E-state index in [0.717, 1.165) is 11.1 Å². The number of amides is 1. The molecular formula is C20H21NO5. The van der Waals surface area contributed by atoms with Gasteiger partial charge in [0.25, 0.3) is 0 Å². The van der Waals surface area contributed by atoms with Gasteiger partial charge in [0.2, 0.25) is 5.91 Å². The average molecular weight is 355 g/mol. The fraction of sp³-hybridized carbons (Fsp3) is 0.150. The number of likely N-dealkylation sites (N-methyl/N-ethyl adjacent to an activating group) is 1. The van der Waals surface area contributed by atoms with Gasteiger partial charge in [-0.1, -0.05) is 60.7 Å². The van der Waals surface area contributed by atoms with Crippen molar-refractivity contribution >= 4 is 17.8 Å². The molecular weight excluding hydrogens is 334 g/mol. The van der Waals surface area contributed by atoms with Crippen LogP contribution in [-0.2, 0) is 14.4 Å². The normalized spacial score (nSPS) is 10.1. The highest BCUT2D eigenvalue weighted by molar-refractivity contribution is 5.89. The molecule has 26 heavy (non-hydrogen) atoms. The molecule has 2 N–H and O–H groups in total. The number of carboxylic acids is 2. The molecule has 0 radical (unpaired) electrons. The van der Waals surface area contributed by atoms with Crippen LogP contribution < -0.4 is 0 Å². The van der Waals surface area contributed by atoms with Gasteiger partial charge in [-0.3, -0.25) is 4.79 Å². The van der Waals surface area contributed by atoms with E-state index < -0.39 is 11.9 Å². The summed E-state index contributed by atoms with van der Waals surface area (Å²) >= 11 is 0. The van der Waals surface area contributed by atoms with Crippen LogP contribution in [0.2, 0.25) is 0 Å². The van der Waals surface area contributed by atoms with Gasteiger partial charge in [0.15, 0.2) is 0 Å². The highest BCUT2D eigenvalue weighted by atomic mass is 16.4. The molecule has 0 aliphatic heterocycles. The van der Waals surface area contributed by atoms with Crippen molar-refractivity contribution in [2.45, 2.75) is 5.92 Å². The second kappa shape index (κ2) is 10.5. The van der Waals surface area contributed by atoms with Crippen LogP contribution >= 0.6 is 0 Å². The van der Waals surface area contributed by atoms with Crippen molar-refractivity contribution in [3.63, 3.8) is 0 Å². The van der Waals surface area contributed by atoms with Crippen LogP contribution in [0.4, 0.5) is 0 Å². The highest BCUT2D eigenvalue weighted by Crippen LogP contribution is 2.25. The molecule has 0 saturated carbocycles. The van der Waals surface area contributed by atoms with Crippen LogP contribution in [-0.4, -0.2) is 47.1 Å². The molecule has 6 nitrogen and oxygen atoms in total. The fourth-order valence-electron chi connectivity index (χ4n) is 2.17. The van der Waals surface area contributed by atoms with Crippen LogP contribution in [0.15, 0.2) is 72.8 Å². The van der Waals surface area contributed by atoms with Crippen molar-refractivity contribution in [3.8, 4) is 0 Å². The highest BCUT2D eigenvalue weighted by Gasteiger charge is 2.23. The van der Waals surface area contributed by atoms with Gasteiger partial charge in [0.1, 0.15) is 0 Å². The van der Waals surface area contributed by atoms with E-state index in [9.17, 15) is 14.4 Å². The molecule has 2 aromatic rings. The standard InChI is InChI=1S/C16H17NO.C4H4O4/c1-17(2)16(18)15(13-9-5-3-6-10-13)14-11-7-4-8-12-14;5-3(6)1-2-4(7)8/h3-12,15H,1-2H3;1-2H,(H,5,6)(H,7,8)/b;2-1-. The van der Waals surface area contributed by atoms with Gasteiger partial charge in [-0.2, -0.15) is 0 Å². The van der Waals surface area contributed by atoms with Crippen molar-refractivity contribution in [1.82, 2.24) is 4.90 Å². The Balaban J connectivity index is 0.000000359. The molecule has 0 aromatic heterocycles. The van der Waals surface area contributed by atoms with Gasteiger partial charge < -0.3 is 15.1 Å². The third kappa shape index (κ3) is 7.00. The van der Waals surface area contributed by atoms with E-state index in [1.807, 2.05) is 60.7 Å². The molecule has 0 aliphatic carbocycles. The lowest BCUT2D eigenvalue weighted by Crippen LogP contribution is -2.28. The van der Waals surface area contributed by atoms with E-state index in [1.165, 1.54) is 0 Å². The minimum absolute atomic E-state index is 0.104. The molecule has 0 unspecified atom stereocenters. The zero-order valence-electron chi connectivity index (χ0n) is 14.6.